The molecule has 2 heterocycles. The Balaban J connectivity index is 1.97. The van der Waals surface area contributed by atoms with Crippen LogP contribution in [0.15, 0.2) is 18.3 Å². The molecule has 1 atom stereocenters. The van der Waals surface area contributed by atoms with Gasteiger partial charge in [0.15, 0.2) is 0 Å². The Morgan fingerprint density at radius 1 is 1.56 bits per heavy atom. The van der Waals surface area contributed by atoms with Crippen LogP contribution < -0.4 is 5.32 Å². The van der Waals surface area contributed by atoms with Gasteiger partial charge in [-0.2, -0.15) is 0 Å². The van der Waals surface area contributed by atoms with Gasteiger partial charge in [-0.25, -0.2) is 0 Å². The molecule has 0 saturated carbocycles. The van der Waals surface area contributed by atoms with Gasteiger partial charge in [0.1, 0.15) is 0 Å². The lowest BCUT2D eigenvalue weighted by Gasteiger charge is -2.27. The number of hydrogen-bond acceptors (Lipinski definition) is 2. The molecule has 0 bridgehead atoms. The minimum absolute atomic E-state index is 0.0166. The van der Waals surface area contributed by atoms with Crippen molar-refractivity contribution in [3.05, 3.63) is 24.0 Å². The Kier molecular flexibility index (Phi) is 3.76. The molecule has 0 radical (unpaired) electrons. The molecular weight excluding hydrogens is 226 g/mol. The zero-order chi connectivity index (χ0) is 13.2. The maximum atomic E-state index is 12.2. The number of likely N-dealkylation sites (tertiary alicyclic amines) is 1. The standard InChI is InChI=1S/C14H23N3O/c1-14(2,3)16-10-13(18)17-9-5-7-12(17)11-6-4-8-15-11/h4,6,8,12,15-16H,5,7,9-10H2,1-3H3. The third-order valence-electron chi connectivity index (χ3n) is 3.32. The van der Waals surface area contributed by atoms with Gasteiger partial charge < -0.3 is 15.2 Å². The van der Waals surface area contributed by atoms with Crippen molar-refractivity contribution in [2.75, 3.05) is 13.1 Å². The first-order valence-corrected chi connectivity index (χ1v) is 6.65. The lowest BCUT2D eigenvalue weighted by Crippen LogP contribution is -2.44. The van der Waals surface area contributed by atoms with Gasteiger partial charge in [0.25, 0.3) is 0 Å². The van der Waals surface area contributed by atoms with E-state index >= 15 is 0 Å². The monoisotopic (exact) mass is 249 g/mol. The molecule has 1 fully saturated rings. The molecule has 0 spiro atoms. The highest BCUT2D eigenvalue weighted by molar-refractivity contribution is 5.79. The van der Waals surface area contributed by atoms with Crippen molar-refractivity contribution >= 4 is 5.91 Å². The smallest absolute Gasteiger partial charge is 0.237 e. The molecule has 0 aliphatic carbocycles. The maximum Gasteiger partial charge on any atom is 0.237 e. The predicted molar refractivity (Wildman–Crippen MR) is 72.2 cm³/mol. The Hall–Kier alpha value is -1.29. The predicted octanol–water partition coefficient (Wildman–Crippen LogP) is 2.07. The van der Waals surface area contributed by atoms with E-state index in [2.05, 4.69) is 37.1 Å². The largest absolute Gasteiger partial charge is 0.363 e. The fraction of sp³-hybridized carbons (Fsp3) is 0.643. The maximum absolute atomic E-state index is 12.2. The van der Waals surface area contributed by atoms with Gasteiger partial charge in [-0.3, -0.25) is 4.79 Å². The molecule has 1 aromatic rings. The van der Waals surface area contributed by atoms with Crippen molar-refractivity contribution in [3.8, 4) is 0 Å². The number of H-pyrrole nitrogens is 1. The van der Waals surface area contributed by atoms with Crippen LogP contribution in [-0.2, 0) is 4.79 Å². The first-order chi connectivity index (χ1) is 8.47. The topological polar surface area (TPSA) is 48.1 Å². The fourth-order valence-electron chi connectivity index (χ4n) is 2.38. The van der Waals surface area contributed by atoms with Gasteiger partial charge in [-0.15, -0.1) is 0 Å². The van der Waals surface area contributed by atoms with Crippen LogP contribution in [0, 0.1) is 0 Å². The van der Waals surface area contributed by atoms with Crippen molar-refractivity contribution in [2.24, 2.45) is 0 Å². The van der Waals surface area contributed by atoms with E-state index in [9.17, 15) is 4.79 Å². The van der Waals surface area contributed by atoms with E-state index in [-0.39, 0.29) is 17.5 Å². The highest BCUT2D eigenvalue weighted by Crippen LogP contribution is 2.30. The van der Waals surface area contributed by atoms with E-state index in [1.807, 2.05) is 17.2 Å². The summed E-state index contributed by atoms with van der Waals surface area (Å²) in [4.78, 5) is 17.5. The van der Waals surface area contributed by atoms with Crippen molar-refractivity contribution in [3.63, 3.8) is 0 Å². The van der Waals surface area contributed by atoms with E-state index in [0.717, 1.165) is 25.1 Å². The van der Waals surface area contributed by atoms with Gasteiger partial charge in [0, 0.05) is 24.0 Å². The highest BCUT2D eigenvalue weighted by Gasteiger charge is 2.30. The summed E-state index contributed by atoms with van der Waals surface area (Å²) in [6.07, 6.45) is 4.07. The lowest BCUT2D eigenvalue weighted by atomic mass is 10.1. The van der Waals surface area contributed by atoms with Crippen LogP contribution in [0.25, 0.3) is 0 Å². The second-order valence-electron chi connectivity index (χ2n) is 5.97. The van der Waals surface area contributed by atoms with Crippen molar-refractivity contribution in [2.45, 2.75) is 45.2 Å². The number of nitrogens with one attached hydrogen (secondary N) is 2. The molecule has 4 heteroatoms. The summed E-state index contributed by atoms with van der Waals surface area (Å²) in [7, 11) is 0. The fourth-order valence-corrected chi connectivity index (χ4v) is 2.38. The average molecular weight is 249 g/mol. The molecule has 1 aromatic heterocycles. The van der Waals surface area contributed by atoms with Crippen molar-refractivity contribution in [1.82, 2.24) is 15.2 Å². The van der Waals surface area contributed by atoms with Crippen LogP contribution in [-0.4, -0.2) is 34.4 Å². The van der Waals surface area contributed by atoms with Crippen LogP contribution in [0.4, 0.5) is 0 Å². The Morgan fingerprint density at radius 2 is 2.33 bits per heavy atom. The van der Waals surface area contributed by atoms with Gasteiger partial charge >= 0.3 is 0 Å². The van der Waals surface area contributed by atoms with E-state index in [4.69, 9.17) is 0 Å². The quantitative estimate of drug-likeness (QED) is 0.861. The number of nitrogens with zero attached hydrogens (tertiary/aromatic N) is 1. The molecule has 0 aromatic carbocycles. The van der Waals surface area contributed by atoms with Gasteiger partial charge in [0.2, 0.25) is 5.91 Å². The molecule has 1 unspecified atom stereocenters. The van der Waals surface area contributed by atoms with Crippen LogP contribution in [0.5, 0.6) is 0 Å². The number of carbonyl (C=O) groups is 1. The molecule has 4 nitrogen and oxygen atoms in total. The van der Waals surface area contributed by atoms with Crippen LogP contribution in [0.1, 0.15) is 45.3 Å². The van der Waals surface area contributed by atoms with E-state index in [0.29, 0.717) is 6.54 Å². The third kappa shape index (κ3) is 3.13. The molecule has 18 heavy (non-hydrogen) atoms. The van der Waals surface area contributed by atoms with Crippen LogP contribution in [0.3, 0.4) is 0 Å². The van der Waals surface area contributed by atoms with Crippen molar-refractivity contribution < 1.29 is 4.79 Å². The summed E-state index contributed by atoms with van der Waals surface area (Å²) in [5, 5.41) is 3.26. The van der Waals surface area contributed by atoms with Crippen LogP contribution in [0.2, 0.25) is 0 Å². The third-order valence-corrected chi connectivity index (χ3v) is 3.32. The molecule has 2 rings (SSSR count). The van der Waals surface area contributed by atoms with Gasteiger partial charge in [-0.05, 0) is 45.7 Å². The van der Waals surface area contributed by atoms with Gasteiger partial charge in [0.05, 0.1) is 12.6 Å². The van der Waals surface area contributed by atoms with E-state index in [1.54, 1.807) is 0 Å². The molecule has 1 aliphatic heterocycles. The summed E-state index contributed by atoms with van der Waals surface area (Å²) in [6.45, 7) is 7.52. The second-order valence-corrected chi connectivity index (χ2v) is 5.97. The first-order valence-electron chi connectivity index (χ1n) is 6.65. The SMILES string of the molecule is CC(C)(C)NCC(=O)N1CCCC1c1ccc[nH]1. The summed E-state index contributed by atoms with van der Waals surface area (Å²) in [6, 6.07) is 4.28. The molecule has 1 aliphatic rings. The highest BCUT2D eigenvalue weighted by atomic mass is 16.2. The Labute approximate surface area is 109 Å². The van der Waals surface area contributed by atoms with Gasteiger partial charge in [-0.1, -0.05) is 0 Å². The second kappa shape index (κ2) is 5.14. The number of carbonyl (C=O) groups excluding carboxylic acids is 1. The number of aromatic amines is 1. The Morgan fingerprint density at radius 3 is 2.94 bits per heavy atom. The molecule has 1 saturated heterocycles. The molecule has 2 N–H and O–H groups in total. The molecule has 100 valence electrons. The number of hydrogen-bond donors (Lipinski definition) is 2. The van der Waals surface area contributed by atoms with E-state index in [1.165, 1.54) is 0 Å². The number of aromatic nitrogens is 1. The average Bonchev–Trinajstić information content (AvgIpc) is 2.94. The summed E-state index contributed by atoms with van der Waals surface area (Å²) < 4.78 is 0. The van der Waals surface area contributed by atoms with Crippen molar-refractivity contribution in [1.29, 1.82) is 0 Å². The Bertz CT molecular complexity index is 392. The minimum atomic E-state index is -0.0166. The summed E-state index contributed by atoms with van der Waals surface area (Å²) >= 11 is 0. The van der Waals surface area contributed by atoms with Crippen LogP contribution >= 0.6 is 0 Å². The summed E-state index contributed by atoms with van der Waals surface area (Å²) in [5.41, 5.74) is 1.13. The zero-order valence-corrected chi connectivity index (χ0v) is 11.5. The number of amides is 1. The summed E-state index contributed by atoms with van der Waals surface area (Å²) in [5.74, 6) is 0.196. The molecule has 1 amide bonds. The van der Waals surface area contributed by atoms with E-state index < -0.39 is 0 Å². The normalized spacial score (nSPS) is 20.4. The number of rotatable bonds is 3. The minimum Gasteiger partial charge on any atom is -0.363 e. The molecular formula is C14H23N3O. The first kappa shape index (κ1) is 13.1. The lowest BCUT2D eigenvalue weighted by molar-refractivity contribution is -0.131. The zero-order valence-electron chi connectivity index (χ0n) is 11.5.